The van der Waals surface area contributed by atoms with Crippen LogP contribution in [0.2, 0.25) is 0 Å². The Balaban J connectivity index is 1.74. The Morgan fingerprint density at radius 3 is 2.29 bits per heavy atom. The van der Waals surface area contributed by atoms with E-state index in [1.807, 2.05) is 23.2 Å². The van der Waals surface area contributed by atoms with Gasteiger partial charge in [0.15, 0.2) is 0 Å². The molecule has 3 nitrogen and oxygen atoms in total. The maximum atomic E-state index is 12.1. The topological polar surface area (TPSA) is 24.5 Å². The molecule has 2 aromatic carbocycles. The molecule has 0 aliphatic carbocycles. The van der Waals surface area contributed by atoms with Gasteiger partial charge >= 0.3 is 6.36 Å². The van der Waals surface area contributed by atoms with Crippen LogP contribution in [-0.4, -0.2) is 6.36 Å². The fourth-order valence-electron chi connectivity index (χ4n) is 2.30. The lowest BCUT2D eigenvalue weighted by molar-refractivity contribution is -0.274. The van der Waals surface area contributed by atoms with Gasteiger partial charge in [0.1, 0.15) is 5.75 Å². The minimum atomic E-state index is -4.66. The molecule has 0 radical (unpaired) electrons. The molecule has 1 N–H and O–H groups in total. The molecule has 0 bridgehead atoms. The molecule has 0 saturated carbocycles. The first-order chi connectivity index (χ1) is 10.0. The molecule has 0 amide bonds. The summed E-state index contributed by atoms with van der Waals surface area (Å²) in [5, 5.41) is 1.90. The number of halogens is 3. The quantitative estimate of drug-likeness (QED) is 0.915. The first-order valence-corrected chi connectivity index (χ1v) is 6.45. The van der Waals surface area contributed by atoms with Crippen molar-refractivity contribution in [3.05, 3.63) is 59.7 Å². The van der Waals surface area contributed by atoms with Crippen LogP contribution in [0.3, 0.4) is 0 Å². The van der Waals surface area contributed by atoms with Gasteiger partial charge in [0.2, 0.25) is 0 Å². The molecule has 0 aromatic heterocycles. The second kappa shape index (κ2) is 5.29. The van der Waals surface area contributed by atoms with Crippen molar-refractivity contribution in [2.75, 3.05) is 5.01 Å². The summed E-state index contributed by atoms with van der Waals surface area (Å²) in [6.45, 7) is 1.35. The number of nitrogens with zero attached hydrogens (tertiary/aromatic N) is 1. The normalized spacial score (nSPS) is 14.7. The van der Waals surface area contributed by atoms with Gasteiger partial charge in [-0.3, -0.25) is 0 Å². The van der Waals surface area contributed by atoms with Crippen molar-refractivity contribution in [3.8, 4) is 5.75 Å². The standard InChI is InChI=1S/C15H13F3N2O/c16-15(17,18)21-14-7-5-13(6-8-14)20-10-12-4-2-1-3-11(12)9-19-20/h1-8,19H,9-10H2. The van der Waals surface area contributed by atoms with Crippen LogP contribution in [0.15, 0.2) is 48.5 Å². The monoisotopic (exact) mass is 294 g/mol. The predicted molar refractivity (Wildman–Crippen MR) is 72.6 cm³/mol. The van der Waals surface area contributed by atoms with E-state index in [9.17, 15) is 13.2 Å². The van der Waals surface area contributed by atoms with Crippen LogP contribution in [-0.2, 0) is 13.1 Å². The summed E-state index contributed by atoms with van der Waals surface area (Å²) >= 11 is 0. The van der Waals surface area contributed by atoms with Crippen molar-refractivity contribution in [2.24, 2.45) is 0 Å². The van der Waals surface area contributed by atoms with Gasteiger partial charge in [-0.2, -0.15) is 0 Å². The zero-order valence-corrected chi connectivity index (χ0v) is 11.0. The third-order valence-electron chi connectivity index (χ3n) is 3.29. The first kappa shape index (κ1) is 13.8. The van der Waals surface area contributed by atoms with Gasteiger partial charge in [-0.1, -0.05) is 24.3 Å². The summed E-state index contributed by atoms with van der Waals surface area (Å²) in [5.41, 5.74) is 6.45. The highest BCUT2D eigenvalue weighted by Crippen LogP contribution is 2.27. The zero-order valence-electron chi connectivity index (χ0n) is 11.0. The minimum absolute atomic E-state index is 0.219. The summed E-state index contributed by atoms with van der Waals surface area (Å²) in [6.07, 6.45) is -4.66. The molecule has 1 heterocycles. The van der Waals surface area contributed by atoms with E-state index in [0.717, 1.165) is 5.69 Å². The highest BCUT2D eigenvalue weighted by Gasteiger charge is 2.31. The Labute approximate surface area is 119 Å². The maximum Gasteiger partial charge on any atom is 0.573 e. The van der Waals surface area contributed by atoms with E-state index < -0.39 is 6.36 Å². The van der Waals surface area contributed by atoms with Crippen LogP contribution in [0.5, 0.6) is 5.75 Å². The highest BCUT2D eigenvalue weighted by atomic mass is 19.4. The first-order valence-electron chi connectivity index (χ1n) is 6.45. The zero-order chi connectivity index (χ0) is 14.9. The number of hydrogen-bond donors (Lipinski definition) is 1. The van der Waals surface area contributed by atoms with Crippen molar-refractivity contribution in [1.82, 2.24) is 5.43 Å². The van der Waals surface area contributed by atoms with E-state index in [4.69, 9.17) is 0 Å². The molecule has 1 aliphatic rings. The van der Waals surface area contributed by atoms with Crippen LogP contribution >= 0.6 is 0 Å². The Bertz CT molecular complexity index is 626. The second-order valence-corrected chi connectivity index (χ2v) is 4.73. The number of benzene rings is 2. The number of fused-ring (bicyclic) bond motifs is 1. The summed E-state index contributed by atoms with van der Waals surface area (Å²) in [6, 6.07) is 13.9. The third-order valence-corrected chi connectivity index (χ3v) is 3.29. The lowest BCUT2D eigenvalue weighted by Gasteiger charge is -2.31. The maximum absolute atomic E-state index is 12.1. The molecule has 0 unspecified atom stereocenters. The van der Waals surface area contributed by atoms with Gasteiger partial charge < -0.3 is 9.75 Å². The Morgan fingerprint density at radius 2 is 1.62 bits per heavy atom. The highest BCUT2D eigenvalue weighted by molar-refractivity contribution is 5.50. The van der Waals surface area contributed by atoms with Crippen LogP contribution < -0.4 is 15.2 Å². The van der Waals surface area contributed by atoms with Crippen LogP contribution in [0.4, 0.5) is 18.9 Å². The number of rotatable bonds is 2. The van der Waals surface area contributed by atoms with E-state index in [-0.39, 0.29) is 5.75 Å². The Kier molecular flexibility index (Phi) is 3.47. The third kappa shape index (κ3) is 3.28. The van der Waals surface area contributed by atoms with Gasteiger partial charge in [0.05, 0.1) is 12.2 Å². The average Bonchev–Trinajstić information content (AvgIpc) is 2.46. The van der Waals surface area contributed by atoms with Crippen LogP contribution in [0.1, 0.15) is 11.1 Å². The van der Waals surface area contributed by atoms with Gasteiger partial charge in [-0.05, 0) is 35.4 Å². The fourth-order valence-corrected chi connectivity index (χ4v) is 2.30. The molecule has 6 heteroatoms. The largest absolute Gasteiger partial charge is 0.573 e. The number of hydrogen-bond acceptors (Lipinski definition) is 3. The summed E-state index contributed by atoms with van der Waals surface area (Å²) in [7, 11) is 0. The van der Waals surface area contributed by atoms with Crippen molar-refractivity contribution < 1.29 is 17.9 Å². The van der Waals surface area contributed by atoms with Gasteiger partial charge in [-0.25, -0.2) is 5.43 Å². The lowest BCUT2D eigenvalue weighted by atomic mass is 10.1. The molecule has 0 saturated heterocycles. The van der Waals surface area contributed by atoms with Crippen molar-refractivity contribution in [3.63, 3.8) is 0 Å². The number of anilines is 1. The SMILES string of the molecule is FC(F)(F)Oc1ccc(N2Cc3ccccc3CN2)cc1. The average molecular weight is 294 g/mol. The Morgan fingerprint density at radius 1 is 0.952 bits per heavy atom. The molecule has 1 aliphatic heterocycles. The predicted octanol–water partition coefficient (Wildman–Crippen LogP) is 3.61. The summed E-state index contributed by atoms with van der Waals surface area (Å²) in [4.78, 5) is 0. The van der Waals surface area contributed by atoms with E-state index in [0.29, 0.717) is 13.1 Å². The summed E-state index contributed by atoms with van der Waals surface area (Å²) in [5.74, 6) is -0.219. The minimum Gasteiger partial charge on any atom is -0.406 e. The molecular formula is C15H13F3N2O. The van der Waals surface area contributed by atoms with E-state index in [1.54, 1.807) is 12.1 Å². The van der Waals surface area contributed by atoms with E-state index >= 15 is 0 Å². The second-order valence-electron chi connectivity index (χ2n) is 4.73. The smallest absolute Gasteiger partial charge is 0.406 e. The fraction of sp³-hybridized carbons (Fsp3) is 0.200. The molecular weight excluding hydrogens is 281 g/mol. The van der Waals surface area contributed by atoms with Gasteiger partial charge in [0, 0.05) is 6.54 Å². The number of ether oxygens (including phenoxy) is 1. The molecule has 21 heavy (non-hydrogen) atoms. The van der Waals surface area contributed by atoms with Crippen LogP contribution in [0.25, 0.3) is 0 Å². The van der Waals surface area contributed by atoms with Gasteiger partial charge in [-0.15, -0.1) is 13.2 Å². The summed E-state index contributed by atoms with van der Waals surface area (Å²) < 4.78 is 40.2. The van der Waals surface area contributed by atoms with Crippen molar-refractivity contribution in [1.29, 1.82) is 0 Å². The molecule has 0 spiro atoms. The van der Waals surface area contributed by atoms with Crippen molar-refractivity contribution >= 4 is 5.69 Å². The number of nitrogens with one attached hydrogen (secondary N) is 1. The molecule has 0 fully saturated rings. The van der Waals surface area contributed by atoms with Gasteiger partial charge in [0.25, 0.3) is 0 Å². The van der Waals surface area contributed by atoms with E-state index in [1.165, 1.54) is 23.3 Å². The molecule has 2 aromatic rings. The Hall–Kier alpha value is -2.21. The molecule has 0 atom stereocenters. The van der Waals surface area contributed by atoms with E-state index in [2.05, 4.69) is 16.2 Å². The lowest BCUT2D eigenvalue weighted by Crippen LogP contribution is -2.41. The number of alkyl halides is 3. The molecule has 3 rings (SSSR count). The number of hydrazine groups is 1. The van der Waals surface area contributed by atoms with Crippen LogP contribution in [0, 0.1) is 0 Å². The van der Waals surface area contributed by atoms with Crippen molar-refractivity contribution in [2.45, 2.75) is 19.5 Å². The molecule has 110 valence electrons.